The van der Waals surface area contributed by atoms with Crippen LogP contribution in [0.5, 0.6) is 0 Å². The summed E-state index contributed by atoms with van der Waals surface area (Å²) in [5.74, 6) is 2.07. The summed E-state index contributed by atoms with van der Waals surface area (Å²) in [4.78, 5) is 9.20. The molecule has 0 aliphatic heterocycles. The molecule has 1 radical (unpaired) electrons. The largest absolute Gasteiger partial charge is 0.265 e. The van der Waals surface area contributed by atoms with Gasteiger partial charge in [-0.2, -0.15) is 0 Å². The van der Waals surface area contributed by atoms with Crippen LogP contribution in [0.15, 0.2) is 0 Å². The van der Waals surface area contributed by atoms with Gasteiger partial charge in [-0.1, -0.05) is 5.92 Å². The molecule has 8 heavy (non-hydrogen) atoms. The second-order valence-corrected chi connectivity index (χ2v) is 1.34. The van der Waals surface area contributed by atoms with Crippen LogP contribution in [0.1, 0.15) is 12.8 Å². The Kier molecular flexibility index (Phi) is 3.59. The van der Waals surface area contributed by atoms with Crippen molar-refractivity contribution in [2.75, 3.05) is 6.54 Å². The van der Waals surface area contributed by atoms with Crippen LogP contribution in [0, 0.1) is 22.5 Å². The van der Waals surface area contributed by atoms with Crippen molar-refractivity contribution >= 4 is 0 Å². The van der Waals surface area contributed by atoms with E-state index in [1.165, 1.54) is 0 Å². The van der Waals surface area contributed by atoms with Gasteiger partial charge < -0.3 is 0 Å². The maximum absolute atomic E-state index is 9.59. The smallest absolute Gasteiger partial charge is 0.204 e. The minimum Gasteiger partial charge on any atom is -0.265 e. The van der Waals surface area contributed by atoms with E-state index in [-0.39, 0.29) is 6.54 Å². The van der Waals surface area contributed by atoms with Gasteiger partial charge in [-0.05, 0) is 6.42 Å². The standard InChI is InChI=1S/C5H6NO2/c1-2-3-4-5-6(7)8/h3-5H2. The molecule has 0 aliphatic rings. The maximum atomic E-state index is 9.59. The molecule has 0 rings (SSSR count). The Labute approximate surface area is 47.9 Å². The highest BCUT2D eigenvalue weighted by Gasteiger charge is 1.91. The van der Waals surface area contributed by atoms with Crippen LogP contribution in [-0.2, 0) is 0 Å². The molecule has 0 N–H and O–H groups in total. The molecule has 3 nitrogen and oxygen atoms in total. The molecule has 0 saturated heterocycles. The third-order valence-corrected chi connectivity index (χ3v) is 0.642. The van der Waals surface area contributed by atoms with Crippen molar-refractivity contribution in [2.45, 2.75) is 12.8 Å². The second kappa shape index (κ2) is 4.13. The topological polar surface area (TPSA) is 43.1 Å². The highest BCUT2D eigenvalue weighted by Crippen LogP contribution is 1.84. The fraction of sp³-hybridized carbons (Fsp3) is 0.600. The van der Waals surface area contributed by atoms with Crippen molar-refractivity contribution in [1.82, 2.24) is 0 Å². The zero-order chi connectivity index (χ0) is 6.41. The Morgan fingerprint density at radius 2 is 2.38 bits per heavy atom. The first-order valence-corrected chi connectivity index (χ1v) is 2.28. The summed E-state index contributed by atoms with van der Waals surface area (Å²) in [5, 5.41) is 9.59. The summed E-state index contributed by atoms with van der Waals surface area (Å²) in [5.41, 5.74) is 0. The monoisotopic (exact) mass is 112 g/mol. The van der Waals surface area contributed by atoms with Crippen molar-refractivity contribution in [3.8, 4) is 5.92 Å². The van der Waals surface area contributed by atoms with E-state index in [9.17, 15) is 10.1 Å². The van der Waals surface area contributed by atoms with E-state index in [4.69, 9.17) is 6.42 Å². The van der Waals surface area contributed by atoms with Gasteiger partial charge in [-0.15, -0.1) is 0 Å². The van der Waals surface area contributed by atoms with E-state index in [1.807, 2.05) is 0 Å². The van der Waals surface area contributed by atoms with E-state index < -0.39 is 4.92 Å². The summed E-state index contributed by atoms with van der Waals surface area (Å²) < 4.78 is 0. The Bertz CT molecular complexity index is 114. The first-order chi connectivity index (χ1) is 3.77. The van der Waals surface area contributed by atoms with Crippen molar-refractivity contribution < 1.29 is 4.92 Å². The summed E-state index contributed by atoms with van der Waals surface area (Å²) in [6.45, 7) is -0.0497. The Morgan fingerprint density at radius 3 is 2.75 bits per heavy atom. The normalized spacial score (nSPS) is 7.88. The average molecular weight is 112 g/mol. The molecule has 0 aliphatic carbocycles. The fourth-order valence-electron chi connectivity index (χ4n) is 0.297. The van der Waals surface area contributed by atoms with Gasteiger partial charge in [-0.25, -0.2) is 0 Å². The first-order valence-electron chi connectivity index (χ1n) is 2.28. The third-order valence-electron chi connectivity index (χ3n) is 0.642. The lowest BCUT2D eigenvalue weighted by Crippen LogP contribution is -1.98. The van der Waals surface area contributed by atoms with Crippen molar-refractivity contribution in [3.63, 3.8) is 0 Å². The number of hydrogen-bond donors (Lipinski definition) is 0. The Morgan fingerprint density at radius 1 is 1.75 bits per heavy atom. The lowest BCUT2D eigenvalue weighted by Gasteiger charge is -1.84. The molecular weight excluding hydrogens is 106 g/mol. The van der Waals surface area contributed by atoms with Gasteiger partial charge in [0, 0.05) is 17.8 Å². The Hall–Kier alpha value is -1.04. The molecule has 0 fully saturated rings. The molecule has 0 bridgehead atoms. The Balaban J connectivity index is 2.97. The fourth-order valence-corrected chi connectivity index (χ4v) is 0.297. The van der Waals surface area contributed by atoms with E-state index in [0.717, 1.165) is 0 Å². The molecule has 0 atom stereocenters. The number of nitro groups is 1. The van der Waals surface area contributed by atoms with Gasteiger partial charge in [0.25, 0.3) is 0 Å². The van der Waals surface area contributed by atoms with Gasteiger partial charge in [0.2, 0.25) is 6.54 Å². The number of hydrogen-bond acceptors (Lipinski definition) is 2. The minimum absolute atomic E-state index is 0.0497. The maximum Gasteiger partial charge on any atom is 0.204 e. The quantitative estimate of drug-likeness (QED) is 0.232. The number of unbranched alkanes of at least 4 members (excludes halogenated alkanes) is 1. The summed E-state index contributed by atoms with van der Waals surface area (Å²) in [7, 11) is 0. The van der Waals surface area contributed by atoms with Crippen LogP contribution in [0.2, 0.25) is 0 Å². The summed E-state index contributed by atoms with van der Waals surface area (Å²) >= 11 is 0. The van der Waals surface area contributed by atoms with Gasteiger partial charge >= 0.3 is 0 Å². The average Bonchev–Trinajstić information content (AvgIpc) is 1.66. The van der Waals surface area contributed by atoms with Crippen LogP contribution in [0.25, 0.3) is 0 Å². The lowest BCUT2D eigenvalue weighted by atomic mass is 10.3. The van der Waals surface area contributed by atoms with Crippen molar-refractivity contribution in [2.24, 2.45) is 0 Å². The molecular formula is C5H6NO2. The van der Waals surface area contributed by atoms with Gasteiger partial charge in [0.15, 0.2) is 0 Å². The van der Waals surface area contributed by atoms with E-state index in [1.54, 1.807) is 0 Å². The summed E-state index contributed by atoms with van der Waals surface area (Å²) in [6, 6.07) is 0. The van der Waals surface area contributed by atoms with Crippen LogP contribution >= 0.6 is 0 Å². The van der Waals surface area contributed by atoms with Gasteiger partial charge in [0.1, 0.15) is 0 Å². The number of rotatable bonds is 3. The highest BCUT2D eigenvalue weighted by molar-refractivity contribution is 4.73. The molecule has 0 saturated carbocycles. The molecule has 0 aromatic rings. The molecule has 0 unspecified atom stereocenters. The van der Waals surface area contributed by atoms with Crippen LogP contribution < -0.4 is 0 Å². The third kappa shape index (κ3) is 4.96. The zero-order valence-electron chi connectivity index (χ0n) is 4.39. The van der Waals surface area contributed by atoms with Crippen molar-refractivity contribution in [1.29, 1.82) is 0 Å². The summed E-state index contributed by atoms with van der Waals surface area (Å²) in [6.07, 6.45) is 7.19. The van der Waals surface area contributed by atoms with Gasteiger partial charge in [-0.3, -0.25) is 10.1 Å². The molecule has 0 amide bonds. The van der Waals surface area contributed by atoms with E-state index >= 15 is 0 Å². The second-order valence-electron chi connectivity index (χ2n) is 1.34. The first kappa shape index (κ1) is 6.96. The molecule has 0 spiro atoms. The SMILES string of the molecule is [C]#CCCC[N+](=O)[O-]. The predicted octanol–water partition coefficient (Wildman–Crippen LogP) is 0.633. The highest BCUT2D eigenvalue weighted by atomic mass is 16.6. The predicted molar refractivity (Wildman–Crippen MR) is 28.2 cm³/mol. The van der Waals surface area contributed by atoms with Crippen molar-refractivity contribution in [3.05, 3.63) is 16.5 Å². The lowest BCUT2D eigenvalue weighted by molar-refractivity contribution is -0.480. The molecule has 0 aromatic carbocycles. The minimum atomic E-state index is -0.392. The molecule has 3 heteroatoms. The van der Waals surface area contributed by atoms with Crippen LogP contribution in [0.4, 0.5) is 0 Å². The van der Waals surface area contributed by atoms with Gasteiger partial charge in [0.05, 0.1) is 0 Å². The molecule has 0 heterocycles. The van der Waals surface area contributed by atoms with E-state index in [2.05, 4.69) is 5.92 Å². The molecule has 43 valence electrons. The van der Waals surface area contributed by atoms with Crippen LogP contribution in [-0.4, -0.2) is 11.5 Å². The van der Waals surface area contributed by atoms with Crippen LogP contribution in [0.3, 0.4) is 0 Å². The zero-order valence-corrected chi connectivity index (χ0v) is 4.39. The number of nitrogens with zero attached hydrogens (tertiary/aromatic N) is 1. The van der Waals surface area contributed by atoms with E-state index in [0.29, 0.717) is 12.8 Å². The molecule has 0 aromatic heterocycles.